The number of benzene rings is 1. The van der Waals surface area contributed by atoms with Gasteiger partial charge in [0.15, 0.2) is 6.29 Å². The number of likely N-dealkylation sites (N-methyl/N-ethyl adjacent to an activating group) is 1. The summed E-state index contributed by atoms with van der Waals surface area (Å²) in [5.41, 5.74) is 4.07. The van der Waals surface area contributed by atoms with E-state index >= 15 is 0 Å². The Morgan fingerprint density at radius 2 is 2.19 bits per heavy atom. The van der Waals surface area contributed by atoms with Gasteiger partial charge in [-0.05, 0) is 23.8 Å². The molecule has 3 rings (SSSR count). The van der Waals surface area contributed by atoms with Crippen LogP contribution in [0.2, 0.25) is 0 Å². The quantitative estimate of drug-likeness (QED) is 0.637. The number of carbonyl (C=O) groups is 2. The Morgan fingerprint density at radius 1 is 1.38 bits per heavy atom. The van der Waals surface area contributed by atoms with Gasteiger partial charge in [-0.1, -0.05) is 12.1 Å². The van der Waals surface area contributed by atoms with E-state index in [1.54, 1.807) is 28.8 Å². The van der Waals surface area contributed by atoms with E-state index in [0.717, 1.165) is 28.8 Å². The number of aromatic nitrogens is 2. The van der Waals surface area contributed by atoms with Crippen molar-refractivity contribution in [2.45, 2.75) is 13.0 Å². The largest absolute Gasteiger partial charge is 0.315 e. The maximum absolute atomic E-state index is 11.7. The zero-order chi connectivity index (χ0) is 15.0. The van der Waals surface area contributed by atoms with Crippen molar-refractivity contribution in [1.29, 1.82) is 0 Å². The molecule has 0 spiro atoms. The summed E-state index contributed by atoms with van der Waals surface area (Å²) in [6.07, 6.45) is 2.89. The molecule has 0 N–H and O–H groups in total. The minimum absolute atomic E-state index is 0.0907. The number of carbonyl (C=O) groups excluding carboxylic acids is 2. The second-order valence-corrected chi connectivity index (χ2v) is 5.02. The van der Waals surface area contributed by atoms with Crippen LogP contribution in [0, 0.1) is 0 Å². The lowest BCUT2D eigenvalue weighted by Gasteiger charge is -2.09. The van der Waals surface area contributed by atoms with Crippen LogP contribution >= 0.6 is 0 Å². The molecule has 1 aromatic carbocycles. The van der Waals surface area contributed by atoms with Gasteiger partial charge >= 0.3 is 0 Å². The van der Waals surface area contributed by atoms with Crippen molar-refractivity contribution in [3.05, 3.63) is 48.2 Å². The van der Waals surface area contributed by atoms with Gasteiger partial charge in [-0.2, -0.15) is 5.10 Å². The van der Waals surface area contributed by atoms with E-state index in [1.165, 1.54) is 0 Å². The summed E-state index contributed by atoms with van der Waals surface area (Å²) in [7, 11) is 1.77. The summed E-state index contributed by atoms with van der Waals surface area (Å²) >= 11 is 0. The third kappa shape index (κ3) is 2.16. The van der Waals surface area contributed by atoms with Gasteiger partial charge < -0.3 is 4.90 Å². The van der Waals surface area contributed by atoms with Crippen LogP contribution in [0.5, 0.6) is 0 Å². The normalized spacial score (nSPS) is 13.4. The molecular formula is C16H15N3O2. The van der Waals surface area contributed by atoms with Crippen LogP contribution in [0.3, 0.4) is 0 Å². The number of anilines is 1. The monoisotopic (exact) mass is 281 g/mol. The molecule has 21 heavy (non-hydrogen) atoms. The van der Waals surface area contributed by atoms with Crippen molar-refractivity contribution >= 4 is 17.9 Å². The molecule has 5 nitrogen and oxygen atoms in total. The Hall–Kier alpha value is -2.69. The number of aldehydes is 1. The summed E-state index contributed by atoms with van der Waals surface area (Å²) in [5, 5.41) is 4.42. The van der Waals surface area contributed by atoms with Gasteiger partial charge in [0.1, 0.15) is 5.69 Å². The van der Waals surface area contributed by atoms with Crippen molar-refractivity contribution in [2.75, 3.05) is 11.9 Å². The maximum atomic E-state index is 11.7. The first-order chi connectivity index (χ1) is 10.1. The third-order valence-electron chi connectivity index (χ3n) is 3.69. The number of rotatable bonds is 4. The van der Waals surface area contributed by atoms with Gasteiger partial charge in [-0.3, -0.25) is 14.3 Å². The lowest BCUT2D eigenvalue weighted by molar-refractivity contribution is -0.117. The van der Waals surface area contributed by atoms with E-state index in [0.29, 0.717) is 18.7 Å². The number of fused-ring (bicyclic) bond motifs is 1. The highest BCUT2D eigenvalue weighted by Crippen LogP contribution is 2.31. The topological polar surface area (TPSA) is 55.2 Å². The zero-order valence-corrected chi connectivity index (χ0v) is 11.7. The molecule has 0 saturated carbocycles. The Kier molecular flexibility index (Phi) is 3.17. The van der Waals surface area contributed by atoms with Crippen LogP contribution in [0.4, 0.5) is 5.69 Å². The Labute approximate surface area is 122 Å². The highest BCUT2D eigenvalue weighted by molar-refractivity contribution is 6.01. The Bertz CT molecular complexity index is 746. The van der Waals surface area contributed by atoms with E-state index in [-0.39, 0.29) is 5.91 Å². The lowest BCUT2D eigenvalue weighted by atomic mass is 10.1. The van der Waals surface area contributed by atoms with Crippen molar-refractivity contribution in [3.63, 3.8) is 0 Å². The smallest absolute Gasteiger partial charge is 0.231 e. The van der Waals surface area contributed by atoms with Gasteiger partial charge in [0.2, 0.25) is 5.91 Å². The SMILES string of the molecule is C=CCn1nc(-c2ccc3c(c2)CC(=O)N3C)cc1C=O. The summed E-state index contributed by atoms with van der Waals surface area (Å²) in [5.74, 6) is 0.0907. The van der Waals surface area contributed by atoms with Crippen LogP contribution in [0.15, 0.2) is 36.9 Å². The van der Waals surface area contributed by atoms with Crippen molar-refractivity contribution < 1.29 is 9.59 Å². The van der Waals surface area contributed by atoms with E-state index in [2.05, 4.69) is 11.7 Å². The van der Waals surface area contributed by atoms with Crippen LogP contribution in [0.25, 0.3) is 11.3 Å². The second-order valence-electron chi connectivity index (χ2n) is 5.02. The number of amides is 1. The number of allylic oxidation sites excluding steroid dienone is 1. The van der Waals surface area contributed by atoms with E-state index in [4.69, 9.17) is 0 Å². The highest BCUT2D eigenvalue weighted by atomic mass is 16.2. The summed E-state index contributed by atoms with van der Waals surface area (Å²) < 4.78 is 1.61. The highest BCUT2D eigenvalue weighted by Gasteiger charge is 2.24. The predicted octanol–water partition coefficient (Wildman–Crippen LogP) is 2.07. The van der Waals surface area contributed by atoms with E-state index < -0.39 is 0 Å². The molecule has 0 atom stereocenters. The van der Waals surface area contributed by atoms with Crippen LogP contribution in [-0.2, 0) is 17.8 Å². The molecule has 1 aromatic heterocycles. The van der Waals surface area contributed by atoms with E-state index in [1.807, 2.05) is 18.2 Å². The fourth-order valence-corrected chi connectivity index (χ4v) is 2.57. The molecule has 0 aliphatic carbocycles. The number of nitrogens with zero attached hydrogens (tertiary/aromatic N) is 3. The summed E-state index contributed by atoms with van der Waals surface area (Å²) in [4.78, 5) is 24.4. The molecule has 106 valence electrons. The summed E-state index contributed by atoms with van der Waals surface area (Å²) in [6, 6.07) is 7.55. The molecule has 0 radical (unpaired) electrons. The fraction of sp³-hybridized carbons (Fsp3) is 0.188. The lowest BCUT2D eigenvalue weighted by Crippen LogP contribution is -2.20. The second kappa shape index (κ2) is 5.01. The molecule has 0 fully saturated rings. The molecule has 5 heteroatoms. The minimum Gasteiger partial charge on any atom is -0.315 e. The molecule has 2 heterocycles. The van der Waals surface area contributed by atoms with Crippen molar-refractivity contribution in [1.82, 2.24) is 9.78 Å². The molecule has 1 aliphatic rings. The zero-order valence-electron chi connectivity index (χ0n) is 11.7. The van der Waals surface area contributed by atoms with Crippen LogP contribution in [0.1, 0.15) is 16.1 Å². The van der Waals surface area contributed by atoms with Gasteiger partial charge in [0.25, 0.3) is 0 Å². The Morgan fingerprint density at radius 3 is 2.90 bits per heavy atom. The average Bonchev–Trinajstić information content (AvgIpc) is 3.01. The maximum Gasteiger partial charge on any atom is 0.231 e. The van der Waals surface area contributed by atoms with E-state index in [9.17, 15) is 9.59 Å². The van der Waals surface area contributed by atoms with Gasteiger partial charge in [-0.15, -0.1) is 6.58 Å². The molecule has 2 aromatic rings. The Balaban J connectivity index is 2.02. The van der Waals surface area contributed by atoms with Gasteiger partial charge in [0, 0.05) is 18.3 Å². The average molecular weight is 281 g/mol. The summed E-state index contributed by atoms with van der Waals surface area (Å²) in [6.45, 7) is 4.14. The van der Waals surface area contributed by atoms with Gasteiger partial charge in [-0.25, -0.2) is 0 Å². The molecule has 0 saturated heterocycles. The standard InChI is InChI=1S/C16H15N3O2/c1-3-6-19-13(10-20)9-14(17-19)11-4-5-15-12(7-11)8-16(21)18(15)2/h3-5,7,9-10H,1,6,8H2,2H3. The molecular weight excluding hydrogens is 266 g/mol. The first kappa shape index (κ1) is 13.3. The van der Waals surface area contributed by atoms with Crippen LogP contribution in [-0.4, -0.2) is 29.0 Å². The van der Waals surface area contributed by atoms with Crippen molar-refractivity contribution in [3.8, 4) is 11.3 Å². The number of hydrogen-bond donors (Lipinski definition) is 0. The molecule has 1 amide bonds. The fourth-order valence-electron chi connectivity index (χ4n) is 2.57. The van der Waals surface area contributed by atoms with Crippen molar-refractivity contribution in [2.24, 2.45) is 0 Å². The molecule has 0 bridgehead atoms. The van der Waals surface area contributed by atoms with Crippen LogP contribution < -0.4 is 4.90 Å². The first-order valence-corrected chi connectivity index (χ1v) is 6.68. The minimum atomic E-state index is 0.0907. The number of hydrogen-bond acceptors (Lipinski definition) is 3. The molecule has 1 aliphatic heterocycles. The predicted molar refractivity (Wildman–Crippen MR) is 80.4 cm³/mol. The first-order valence-electron chi connectivity index (χ1n) is 6.68. The third-order valence-corrected chi connectivity index (χ3v) is 3.69. The van der Waals surface area contributed by atoms with Gasteiger partial charge in [0.05, 0.1) is 18.7 Å². The molecule has 0 unspecified atom stereocenters.